The first kappa shape index (κ1) is 16.8. The molecule has 25 heavy (non-hydrogen) atoms. The number of nitrogens with zero attached hydrogens (tertiary/aromatic N) is 1. The van der Waals surface area contributed by atoms with E-state index in [0.29, 0.717) is 24.3 Å². The van der Waals surface area contributed by atoms with Crippen LogP contribution in [0.15, 0.2) is 65.5 Å². The molecule has 0 aliphatic rings. The van der Waals surface area contributed by atoms with Crippen molar-refractivity contribution in [3.63, 3.8) is 0 Å². The summed E-state index contributed by atoms with van der Waals surface area (Å²) in [5.41, 5.74) is 1.18. The Balaban J connectivity index is 2.07. The zero-order chi connectivity index (χ0) is 17.8. The standard InChI is InChI=1S/C20H19NO4/c1-2-16(20(23)24)21-17-11-7-6-10-15(17)18(12-19(21)22)25-13-14-8-4-3-5-9-14/h3-12,16H,2,13H2,1H3,(H,23,24). The number of para-hydroxylation sites is 1. The van der Waals surface area contributed by atoms with Crippen molar-refractivity contribution in [3.8, 4) is 5.75 Å². The number of carboxylic acid groups (broad SMARTS) is 1. The van der Waals surface area contributed by atoms with Crippen LogP contribution in [0, 0.1) is 0 Å². The number of hydrogen-bond donors (Lipinski definition) is 1. The van der Waals surface area contributed by atoms with Crippen molar-refractivity contribution in [1.29, 1.82) is 0 Å². The summed E-state index contributed by atoms with van der Waals surface area (Å²) in [5.74, 6) is -0.561. The van der Waals surface area contributed by atoms with Gasteiger partial charge >= 0.3 is 5.97 Å². The summed E-state index contributed by atoms with van der Waals surface area (Å²) in [5, 5.41) is 10.2. The van der Waals surface area contributed by atoms with Gasteiger partial charge in [-0.15, -0.1) is 0 Å². The van der Waals surface area contributed by atoms with Crippen LogP contribution in [0.2, 0.25) is 0 Å². The summed E-state index contributed by atoms with van der Waals surface area (Å²) in [4.78, 5) is 24.1. The average molecular weight is 337 g/mol. The molecular formula is C20H19NO4. The fourth-order valence-electron chi connectivity index (χ4n) is 2.91. The molecule has 1 heterocycles. The molecule has 3 aromatic rings. The number of pyridine rings is 1. The third kappa shape index (κ3) is 3.40. The lowest BCUT2D eigenvalue weighted by Gasteiger charge is -2.18. The summed E-state index contributed by atoms with van der Waals surface area (Å²) in [6.07, 6.45) is 0.323. The molecule has 1 aromatic heterocycles. The Labute approximate surface area is 145 Å². The van der Waals surface area contributed by atoms with Crippen molar-refractivity contribution in [2.75, 3.05) is 0 Å². The molecule has 0 amide bonds. The van der Waals surface area contributed by atoms with Gasteiger partial charge in [-0.05, 0) is 24.1 Å². The second kappa shape index (κ2) is 7.21. The van der Waals surface area contributed by atoms with Crippen LogP contribution in [0.3, 0.4) is 0 Å². The minimum Gasteiger partial charge on any atom is -0.488 e. The second-order valence-electron chi connectivity index (χ2n) is 5.77. The summed E-state index contributed by atoms with van der Waals surface area (Å²) in [6.45, 7) is 2.09. The molecule has 2 aromatic carbocycles. The highest BCUT2D eigenvalue weighted by Gasteiger charge is 2.22. The van der Waals surface area contributed by atoms with Crippen molar-refractivity contribution in [2.45, 2.75) is 26.0 Å². The van der Waals surface area contributed by atoms with E-state index in [1.165, 1.54) is 10.6 Å². The fourth-order valence-corrected chi connectivity index (χ4v) is 2.91. The van der Waals surface area contributed by atoms with Crippen LogP contribution in [0.25, 0.3) is 10.9 Å². The molecule has 0 bridgehead atoms. The fraction of sp³-hybridized carbons (Fsp3) is 0.200. The predicted octanol–water partition coefficient (Wildman–Crippen LogP) is 3.62. The Hall–Kier alpha value is -3.08. The Morgan fingerprint density at radius 1 is 1.12 bits per heavy atom. The number of aliphatic carboxylic acids is 1. The van der Waals surface area contributed by atoms with Gasteiger partial charge in [0.2, 0.25) is 0 Å². The lowest BCUT2D eigenvalue weighted by molar-refractivity contribution is -0.140. The van der Waals surface area contributed by atoms with Gasteiger partial charge in [0, 0.05) is 11.5 Å². The van der Waals surface area contributed by atoms with Crippen LogP contribution in [-0.2, 0) is 11.4 Å². The number of carbonyl (C=O) groups is 1. The highest BCUT2D eigenvalue weighted by molar-refractivity contribution is 5.87. The largest absolute Gasteiger partial charge is 0.488 e. The van der Waals surface area contributed by atoms with E-state index in [9.17, 15) is 14.7 Å². The molecule has 1 unspecified atom stereocenters. The highest BCUT2D eigenvalue weighted by atomic mass is 16.5. The van der Waals surface area contributed by atoms with Crippen LogP contribution in [0.5, 0.6) is 5.75 Å². The van der Waals surface area contributed by atoms with E-state index in [1.54, 1.807) is 19.1 Å². The molecule has 0 fully saturated rings. The van der Waals surface area contributed by atoms with Gasteiger partial charge in [-0.3, -0.25) is 9.36 Å². The Morgan fingerprint density at radius 2 is 1.80 bits per heavy atom. The van der Waals surface area contributed by atoms with E-state index in [-0.39, 0.29) is 5.56 Å². The lowest BCUT2D eigenvalue weighted by atomic mass is 10.1. The van der Waals surface area contributed by atoms with E-state index in [0.717, 1.165) is 10.9 Å². The van der Waals surface area contributed by atoms with Crippen molar-refractivity contribution in [1.82, 2.24) is 4.57 Å². The number of aromatic nitrogens is 1. The van der Waals surface area contributed by atoms with E-state index in [4.69, 9.17) is 4.74 Å². The van der Waals surface area contributed by atoms with Gasteiger partial charge in [0.15, 0.2) is 0 Å². The molecule has 5 nitrogen and oxygen atoms in total. The summed E-state index contributed by atoms with van der Waals surface area (Å²) < 4.78 is 7.18. The topological polar surface area (TPSA) is 68.5 Å². The normalized spacial score (nSPS) is 12.0. The maximum atomic E-state index is 12.6. The molecule has 0 saturated heterocycles. The third-order valence-corrected chi connectivity index (χ3v) is 4.14. The van der Waals surface area contributed by atoms with E-state index >= 15 is 0 Å². The van der Waals surface area contributed by atoms with Crippen molar-refractivity contribution < 1.29 is 14.6 Å². The molecule has 0 saturated carbocycles. The quantitative estimate of drug-likeness (QED) is 0.746. The van der Waals surface area contributed by atoms with E-state index in [1.807, 2.05) is 42.5 Å². The molecule has 1 N–H and O–H groups in total. The van der Waals surface area contributed by atoms with Gasteiger partial charge in [0.25, 0.3) is 5.56 Å². The lowest BCUT2D eigenvalue weighted by Crippen LogP contribution is -2.29. The molecular weight excluding hydrogens is 318 g/mol. The summed E-state index contributed by atoms with van der Waals surface area (Å²) >= 11 is 0. The second-order valence-corrected chi connectivity index (χ2v) is 5.77. The maximum Gasteiger partial charge on any atom is 0.326 e. The Morgan fingerprint density at radius 3 is 2.48 bits per heavy atom. The summed E-state index contributed by atoms with van der Waals surface area (Å²) in [7, 11) is 0. The summed E-state index contributed by atoms with van der Waals surface area (Å²) in [6, 6.07) is 17.3. The first-order valence-corrected chi connectivity index (χ1v) is 8.15. The molecule has 0 radical (unpaired) electrons. The Bertz CT molecular complexity index is 947. The SMILES string of the molecule is CCC(C(=O)O)n1c(=O)cc(OCc2ccccc2)c2ccccc21. The number of benzene rings is 2. The number of fused-ring (bicyclic) bond motifs is 1. The smallest absolute Gasteiger partial charge is 0.326 e. The van der Waals surface area contributed by atoms with Crippen LogP contribution in [0.4, 0.5) is 0 Å². The number of hydrogen-bond acceptors (Lipinski definition) is 3. The predicted molar refractivity (Wildman–Crippen MR) is 95.9 cm³/mol. The van der Waals surface area contributed by atoms with E-state index < -0.39 is 12.0 Å². The first-order valence-electron chi connectivity index (χ1n) is 8.15. The third-order valence-electron chi connectivity index (χ3n) is 4.14. The van der Waals surface area contributed by atoms with Crippen molar-refractivity contribution >= 4 is 16.9 Å². The molecule has 3 rings (SSSR count). The van der Waals surface area contributed by atoms with E-state index in [2.05, 4.69) is 0 Å². The molecule has 128 valence electrons. The van der Waals surface area contributed by atoms with Crippen LogP contribution < -0.4 is 10.3 Å². The van der Waals surface area contributed by atoms with Gasteiger partial charge in [0.1, 0.15) is 18.4 Å². The Kier molecular flexibility index (Phi) is 4.84. The van der Waals surface area contributed by atoms with Crippen LogP contribution in [0.1, 0.15) is 24.9 Å². The number of rotatable bonds is 6. The molecule has 0 spiro atoms. The molecule has 0 aliphatic carbocycles. The molecule has 0 aliphatic heterocycles. The molecule has 5 heteroatoms. The zero-order valence-electron chi connectivity index (χ0n) is 13.9. The zero-order valence-corrected chi connectivity index (χ0v) is 13.9. The average Bonchev–Trinajstić information content (AvgIpc) is 2.63. The van der Waals surface area contributed by atoms with Gasteiger partial charge < -0.3 is 9.84 Å². The van der Waals surface area contributed by atoms with Crippen LogP contribution >= 0.6 is 0 Å². The maximum absolute atomic E-state index is 12.6. The monoisotopic (exact) mass is 337 g/mol. The van der Waals surface area contributed by atoms with Crippen molar-refractivity contribution in [2.24, 2.45) is 0 Å². The van der Waals surface area contributed by atoms with Crippen LogP contribution in [-0.4, -0.2) is 15.6 Å². The highest BCUT2D eigenvalue weighted by Crippen LogP contribution is 2.27. The first-order chi connectivity index (χ1) is 12.1. The number of carboxylic acids is 1. The van der Waals surface area contributed by atoms with Crippen molar-refractivity contribution in [3.05, 3.63) is 76.6 Å². The molecule has 1 atom stereocenters. The minimum absolute atomic E-state index is 0.323. The minimum atomic E-state index is -1.02. The van der Waals surface area contributed by atoms with Gasteiger partial charge in [-0.2, -0.15) is 0 Å². The number of ether oxygens (including phenoxy) is 1. The van der Waals surface area contributed by atoms with Gasteiger partial charge in [0.05, 0.1) is 5.52 Å². The van der Waals surface area contributed by atoms with Gasteiger partial charge in [-0.25, -0.2) is 4.79 Å². The van der Waals surface area contributed by atoms with Gasteiger partial charge in [-0.1, -0.05) is 49.4 Å².